The van der Waals surface area contributed by atoms with Gasteiger partial charge < -0.3 is 9.97 Å². The zero-order chi connectivity index (χ0) is 34.0. The Hall–Kier alpha value is -6.54. The van der Waals surface area contributed by atoms with Gasteiger partial charge in [-0.15, -0.1) is 0 Å². The van der Waals surface area contributed by atoms with E-state index in [2.05, 4.69) is 9.97 Å². The zero-order valence-corrected chi connectivity index (χ0v) is 27.1. The van der Waals surface area contributed by atoms with Crippen LogP contribution in [0.25, 0.3) is 54.4 Å². The largest absolute Gasteiger partial charge is 0.354 e. The standard InChI is InChI=1S/C42H28N4O4/c1-21(23-13-5-3-6-14-23)45-39(47)33-29-25-17-9-11-19-27(25)44-38(29)36-32-31(33)35(41(45)49)37-30(26-18-10-12-20-28(26)43-37)34(32)40(48)46(42(36)50)22(2)24-15-7-4-8-16-24/h3-22,43-44H,1-2H3. The van der Waals surface area contributed by atoms with Crippen molar-refractivity contribution in [3.8, 4) is 0 Å². The van der Waals surface area contributed by atoms with Crippen molar-refractivity contribution >= 4 is 78.0 Å². The molecule has 0 aliphatic carbocycles. The molecule has 0 saturated heterocycles. The third-order valence-electron chi connectivity index (χ3n) is 10.7. The second-order valence-electron chi connectivity index (χ2n) is 13.2. The van der Waals surface area contributed by atoms with Crippen molar-refractivity contribution in [2.45, 2.75) is 25.9 Å². The summed E-state index contributed by atoms with van der Waals surface area (Å²) in [5, 5.41) is 3.30. The third kappa shape index (κ3) is 3.49. The van der Waals surface area contributed by atoms with Crippen LogP contribution in [0.5, 0.6) is 0 Å². The molecule has 0 saturated carbocycles. The number of aromatic nitrogens is 2. The van der Waals surface area contributed by atoms with Gasteiger partial charge in [0.15, 0.2) is 0 Å². The van der Waals surface area contributed by atoms with Gasteiger partial charge in [-0.25, -0.2) is 0 Å². The molecule has 8 aromatic rings. The third-order valence-corrected chi connectivity index (χ3v) is 10.7. The Morgan fingerprint density at radius 3 is 1.16 bits per heavy atom. The minimum Gasteiger partial charge on any atom is -0.354 e. The summed E-state index contributed by atoms with van der Waals surface area (Å²) in [6, 6.07) is 33.0. The number of imide groups is 2. The number of rotatable bonds is 4. The maximum absolute atomic E-state index is 15.0. The number of fused-ring (bicyclic) bond motifs is 10. The minimum absolute atomic E-state index is 0.283. The number of para-hydroxylation sites is 2. The van der Waals surface area contributed by atoms with Gasteiger partial charge in [-0.1, -0.05) is 97.1 Å². The number of hydrogen-bond acceptors (Lipinski definition) is 4. The summed E-state index contributed by atoms with van der Waals surface area (Å²) in [5.41, 5.74) is 5.21. The van der Waals surface area contributed by atoms with Gasteiger partial charge in [-0.3, -0.25) is 29.0 Å². The summed E-state index contributed by atoms with van der Waals surface area (Å²) in [6.45, 7) is 3.70. The monoisotopic (exact) mass is 652 g/mol. The van der Waals surface area contributed by atoms with E-state index in [0.29, 0.717) is 43.7 Å². The van der Waals surface area contributed by atoms with Crippen LogP contribution in [0.3, 0.4) is 0 Å². The van der Waals surface area contributed by atoms with Crippen LogP contribution in [-0.2, 0) is 0 Å². The lowest BCUT2D eigenvalue weighted by atomic mass is 9.80. The number of benzene rings is 6. The lowest BCUT2D eigenvalue weighted by molar-refractivity contribution is 0.0531. The fourth-order valence-electron chi connectivity index (χ4n) is 8.41. The Kier molecular flexibility index (Phi) is 5.69. The normalized spacial score (nSPS) is 15.7. The van der Waals surface area contributed by atoms with E-state index in [1.54, 1.807) is 0 Å². The molecule has 8 heteroatoms. The van der Waals surface area contributed by atoms with Crippen molar-refractivity contribution in [3.05, 3.63) is 143 Å². The molecule has 240 valence electrons. The molecule has 50 heavy (non-hydrogen) atoms. The van der Waals surface area contributed by atoms with Crippen LogP contribution in [0.2, 0.25) is 0 Å². The molecule has 8 nitrogen and oxygen atoms in total. The van der Waals surface area contributed by atoms with Gasteiger partial charge >= 0.3 is 0 Å². The first-order valence-electron chi connectivity index (χ1n) is 16.7. The maximum atomic E-state index is 15.0. The van der Waals surface area contributed by atoms with Gasteiger partial charge in [0.05, 0.1) is 45.4 Å². The zero-order valence-electron chi connectivity index (χ0n) is 27.1. The molecule has 10 rings (SSSR count). The van der Waals surface area contributed by atoms with E-state index in [1.165, 1.54) is 9.80 Å². The average Bonchev–Trinajstić information content (AvgIpc) is 3.72. The second kappa shape index (κ2) is 9.99. The van der Waals surface area contributed by atoms with E-state index in [0.717, 1.165) is 32.9 Å². The van der Waals surface area contributed by atoms with Crippen LogP contribution in [0.4, 0.5) is 0 Å². The number of carbonyl (C=O) groups is 4. The molecule has 6 aromatic carbocycles. The SMILES string of the molecule is CC(c1ccccc1)N1C(=O)c2c3[nH]c4ccccc4c3c3c4c(c5[nH]c6ccccc6c5c(c24)C1=O)C(=O)N(C(C)c1ccccc1)C3=O. The molecule has 2 atom stereocenters. The van der Waals surface area contributed by atoms with E-state index in [-0.39, 0.29) is 11.1 Å². The quantitative estimate of drug-likeness (QED) is 0.185. The maximum Gasteiger partial charge on any atom is 0.264 e. The molecular formula is C42H28N4O4. The van der Waals surface area contributed by atoms with Gasteiger partial charge in [-0.05, 0) is 37.1 Å². The summed E-state index contributed by atoms with van der Waals surface area (Å²) in [5.74, 6) is -1.90. The Balaban J connectivity index is 1.42. The van der Waals surface area contributed by atoms with Crippen molar-refractivity contribution in [1.82, 2.24) is 19.8 Å². The molecule has 2 unspecified atom stereocenters. The number of carbonyl (C=O) groups excluding carboxylic acids is 4. The van der Waals surface area contributed by atoms with E-state index in [4.69, 9.17) is 0 Å². The fourth-order valence-corrected chi connectivity index (χ4v) is 8.41. The molecule has 0 fully saturated rings. The number of hydrogen-bond donors (Lipinski definition) is 2. The molecule has 2 aromatic heterocycles. The number of nitrogens with zero attached hydrogens (tertiary/aromatic N) is 2. The highest BCUT2D eigenvalue weighted by Crippen LogP contribution is 2.51. The van der Waals surface area contributed by atoms with Gasteiger partial charge in [0, 0.05) is 43.4 Å². The molecule has 2 aliphatic heterocycles. The van der Waals surface area contributed by atoms with E-state index >= 15 is 19.2 Å². The Labute approximate surface area is 284 Å². The first-order valence-corrected chi connectivity index (χ1v) is 16.7. The van der Waals surface area contributed by atoms with Gasteiger partial charge in [0.2, 0.25) is 0 Å². The summed E-state index contributed by atoms with van der Waals surface area (Å²) >= 11 is 0. The van der Waals surface area contributed by atoms with Crippen LogP contribution in [0, 0.1) is 0 Å². The lowest BCUT2D eigenvalue weighted by Crippen LogP contribution is -2.45. The smallest absolute Gasteiger partial charge is 0.264 e. The van der Waals surface area contributed by atoms with Crippen LogP contribution in [0.1, 0.15) is 78.5 Å². The van der Waals surface area contributed by atoms with Crippen molar-refractivity contribution < 1.29 is 19.2 Å². The van der Waals surface area contributed by atoms with Crippen molar-refractivity contribution in [2.75, 3.05) is 0 Å². The predicted octanol–water partition coefficient (Wildman–Crippen LogP) is 8.82. The molecule has 0 bridgehead atoms. The number of H-pyrrole nitrogens is 2. The minimum atomic E-state index is -0.600. The molecule has 0 radical (unpaired) electrons. The number of amides is 4. The Morgan fingerprint density at radius 1 is 0.420 bits per heavy atom. The Morgan fingerprint density at radius 2 is 0.760 bits per heavy atom. The van der Waals surface area contributed by atoms with Crippen LogP contribution in [0.15, 0.2) is 109 Å². The molecule has 2 N–H and O–H groups in total. The van der Waals surface area contributed by atoms with Gasteiger partial charge in [0.1, 0.15) is 0 Å². The van der Waals surface area contributed by atoms with Gasteiger partial charge in [-0.2, -0.15) is 0 Å². The van der Waals surface area contributed by atoms with Crippen molar-refractivity contribution in [1.29, 1.82) is 0 Å². The number of nitrogens with one attached hydrogen (secondary N) is 2. The average molecular weight is 653 g/mol. The van der Waals surface area contributed by atoms with Crippen molar-refractivity contribution in [2.24, 2.45) is 0 Å². The first-order chi connectivity index (χ1) is 24.4. The molecular weight excluding hydrogens is 624 g/mol. The summed E-state index contributed by atoms with van der Waals surface area (Å²) in [4.78, 5) is 69.7. The molecule has 2 aliphatic rings. The summed E-state index contributed by atoms with van der Waals surface area (Å²) in [6.07, 6.45) is 0. The first kappa shape index (κ1) is 28.5. The van der Waals surface area contributed by atoms with Crippen LogP contribution in [-0.4, -0.2) is 43.4 Å². The highest BCUT2D eigenvalue weighted by atomic mass is 16.2. The highest BCUT2D eigenvalue weighted by Gasteiger charge is 2.47. The Bertz CT molecular complexity index is 2640. The van der Waals surface area contributed by atoms with Crippen LogP contribution < -0.4 is 0 Å². The highest BCUT2D eigenvalue weighted by molar-refractivity contribution is 6.45. The van der Waals surface area contributed by atoms with E-state index < -0.39 is 35.7 Å². The molecule has 4 heterocycles. The van der Waals surface area contributed by atoms with E-state index in [1.807, 2.05) is 123 Å². The van der Waals surface area contributed by atoms with Crippen molar-refractivity contribution in [3.63, 3.8) is 0 Å². The van der Waals surface area contributed by atoms with Crippen LogP contribution >= 0.6 is 0 Å². The second-order valence-corrected chi connectivity index (χ2v) is 13.2. The topological polar surface area (TPSA) is 106 Å². The fraction of sp³-hybridized carbons (Fsp3) is 0.0952. The number of aromatic amines is 2. The summed E-state index contributed by atoms with van der Waals surface area (Å²) < 4.78 is 0. The predicted molar refractivity (Wildman–Crippen MR) is 193 cm³/mol. The lowest BCUT2D eigenvalue weighted by Gasteiger charge is -2.37. The molecule has 4 amide bonds. The summed E-state index contributed by atoms with van der Waals surface area (Å²) in [7, 11) is 0. The van der Waals surface area contributed by atoms with E-state index in [9.17, 15) is 0 Å². The van der Waals surface area contributed by atoms with Gasteiger partial charge in [0.25, 0.3) is 23.6 Å². The molecule has 0 spiro atoms.